The van der Waals surface area contributed by atoms with E-state index in [1.807, 2.05) is 49.4 Å². The Labute approximate surface area is 130 Å². The fourth-order valence-electron chi connectivity index (χ4n) is 2.35. The number of hydrogen-bond acceptors (Lipinski definition) is 2. The van der Waals surface area contributed by atoms with Crippen LogP contribution in [0.25, 0.3) is 22.2 Å². The van der Waals surface area contributed by atoms with Gasteiger partial charge in [0.05, 0.1) is 16.8 Å². The highest BCUT2D eigenvalue weighted by Crippen LogP contribution is 2.30. The summed E-state index contributed by atoms with van der Waals surface area (Å²) in [5.74, 6) is -0.947. The van der Waals surface area contributed by atoms with Crippen LogP contribution in [0, 0.1) is 6.92 Å². The van der Waals surface area contributed by atoms with Gasteiger partial charge in [-0.15, -0.1) is 0 Å². The van der Waals surface area contributed by atoms with Crippen molar-refractivity contribution in [1.29, 1.82) is 0 Å². The van der Waals surface area contributed by atoms with E-state index in [1.54, 1.807) is 6.07 Å². The van der Waals surface area contributed by atoms with Gasteiger partial charge in [0.1, 0.15) is 0 Å². The van der Waals surface area contributed by atoms with Gasteiger partial charge < -0.3 is 5.11 Å². The molecule has 4 heteroatoms. The third-order valence-corrected chi connectivity index (χ3v) is 3.92. The molecule has 104 valence electrons. The second-order valence-corrected chi connectivity index (χ2v) is 5.72. The van der Waals surface area contributed by atoms with Crippen LogP contribution in [-0.2, 0) is 0 Å². The Bertz CT molecular complexity index is 844. The second-order valence-electron chi connectivity index (χ2n) is 4.87. The van der Waals surface area contributed by atoms with Crippen molar-refractivity contribution in [1.82, 2.24) is 4.98 Å². The molecule has 1 N–H and O–H groups in total. The molecule has 0 bridgehead atoms. The zero-order chi connectivity index (χ0) is 15.0. The van der Waals surface area contributed by atoms with Crippen LogP contribution in [0.1, 0.15) is 15.9 Å². The zero-order valence-electron chi connectivity index (χ0n) is 11.3. The number of halogens is 1. The fourth-order valence-corrected chi connectivity index (χ4v) is 3.02. The van der Waals surface area contributed by atoms with Gasteiger partial charge in [-0.1, -0.05) is 30.3 Å². The molecule has 1 heterocycles. The molecule has 0 aliphatic heterocycles. The lowest BCUT2D eigenvalue weighted by molar-refractivity contribution is 0.0699. The van der Waals surface area contributed by atoms with E-state index in [0.29, 0.717) is 16.6 Å². The van der Waals surface area contributed by atoms with Gasteiger partial charge in [0, 0.05) is 15.4 Å². The van der Waals surface area contributed by atoms with Gasteiger partial charge in [0.2, 0.25) is 0 Å². The van der Waals surface area contributed by atoms with Gasteiger partial charge in [0.15, 0.2) is 0 Å². The van der Waals surface area contributed by atoms with Crippen LogP contribution in [0.15, 0.2) is 53.0 Å². The molecule has 0 radical (unpaired) electrons. The molecule has 1 aromatic heterocycles. The lowest BCUT2D eigenvalue weighted by atomic mass is 10.0. The highest BCUT2D eigenvalue weighted by molar-refractivity contribution is 9.10. The van der Waals surface area contributed by atoms with Gasteiger partial charge in [-0.3, -0.25) is 0 Å². The van der Waals surface area contributed by atoms with E-state index in [9.17, 15) is 9.90 Å². The summed E-state index contributed by atoms with van der Waals surface area (Å²) in [6.45, 7) is 1.93. The Morgan fingerprint density at radius 2 is 1.86 bits per heavy atom. The number of pyridine rings is 1. The maximum atomic E-state index is 11.6. The topological polar surface area (TPSA) is 50.2 Å². The minimum Gasteiger partial charge on any atom is -0.478 e. The smallest absolute Gasteiger partial charge is 0.336 e. The fraction of sp³-hybridized carbons (Fsp3) is 0.0588. The third-order valence-electron chi connectivity index (χ3n) is 3.31. The summed E-state index contributed by atoms with van der Waals surface area (Å²) in [6.07, 6.45) is 0. The third kappa shape index (κ3) is 2.54. The van der Waals surface area contributed by atoms with Crippen LogP contribution in [0.4, 0.5) is 0 Å². The number of nitrogens with zero attached hydrogens (tertiary/aromatic N) is 1. The monoisotopic (exact) mass is 341 g/mol. The summed E-state index contributed by atoms with van der Waals surface area (Å²) in [7, 11) is 0. The number of aromatic nitrogens is 1. The maximum absolute atomic E-state index is 11.6. The van der Waals surface area contributed by atoms with Gasteiger partial charge >= 0.3 is 5.97 Å². The number of fused-ring (bicyclic) bond motifs is 1. The largest absolute Gasteiger partial charge is 0.478 e. The SMILES string of the molecule is Cc1cc(Br)c2nc(-c3ccccc3)cc(C(=O)O)c2c1. The van der Waals surface area contributed by atoms with E-state index >= 15 is 0 Å². The number of rotatable bonds is 2. The van der Waals surface area contributed by atoms with Gasteiger partial charge in [-0.25, -0.2) is 9.78 Å². The van der Waals surface area contributed by atoms with Gasteiger partial charge in [-0.05, 0) is 46.6 Å². The van der Waals surface area contributed by atoms with Crippen LogP contribution in [0.2, 0.25) is 0 Å². The lowest BCUT2D eigenvalue weighted by Gasteiger charge is -2.09. The van der Waals surface area contributed by atoms with E-state index in [4.69, 9.17) is 0 Å². The first kappa shape index (κ1) is 13.8. The van der Waals surface area contributed by atoms with Crippen LogP contribution >= 0.6 is 15.9 Å². The zero-order valence-corrected chi connectivity index (χ0v) is 12.9. The first-order valence-corrected chi connectivity index (χ1v) is 7.25. The molecule has 0 aliphatic carbocycles. The molecule has 0 saturated heterocycles. The first-order valence-electron chi connectivity index (χ1n) is 6.46. The maximum Gasteiger partial charge on any atom is 0.336 e. The molecular formula is C17H12BrNO2. The standard InChI is InChI=1S/C17H12BrNO2/c1-10-7-12-13(17(20)21)9-15(11-5-3-2-4-6-11)19-16(12)14(18)8-10/h2-9H,1H3,(H,20,21). The molecule has 21 heavy (non-hydrogen) atoms. The molecule has 0 atom stereocenters. The van der Waals surface area contributed by atoms with Crippen molar-refractivity contribution in [2.24, 2.45) is 0 Å². The Morgan fingerprint density at radius 1 is 1.14 bits per heavy atom. The van der Waals surface area contributed by atoms with Crippen LogP contribution < -0.4 is 0 Å². The summed E-state index contributed by atoms with van der Waals surface area (Å²) in [5, 5.41) is 10.1. The molecule has 2 aromatic carbocycles. The predicted octanol–water partition coefficient (Wildman–Crippen LogP) is 4.67. The highest BCUT2D eigenvalue weighted by Gasteiger charge is 2.15. The molecule has 0 spiro atoms. The predicted molar refractivity (Wildman–Crippen MR) is 86.6 cm³/mol. The summed E-state index contributed by atoms with van der Waals surface area (Å²) >= 11 is 3.48. The Balaban J connectivity index is 2.38. The number of aromatic carboxylic acids is 1. The first-order chi connectivity index (χ1) is 10.1. The molecule has 0 saturated carbocycles. The molecular weight excluding hydrogens is 330 g/mol. The molecule has 0 unspecified atom stereocenters. The van der Waals surface area contributed by atoms with Crippen molar-refractivity contribution in [3.8, 4) is 11.3 Å². The van der Waals surface area contributed by atoms with Crippen LogP contribution in [0.5, 0.6) is 0 Å². The van der Waals surface area contributed by atoms with Crippen molar-refractivity contribution >= 4 is 32.8 Å². The second kappa shape index (κ2) is 5.30. The van der Waals surface area contributed by atoms with Crippen molar-refractivity contribution in [3.05, 3.63) is 64.1 Å². The summed E-state index contributed by atoms with van der Waals surface area (Å²) < 4.78 is 0.804. The summed E-state index contributed by atoms with van der Waals surface area (Å²) in [6, 6.07) is 15.0. The van der Waals surface area contributed by atoms with E-state index in [-0.39, 0.29) is 5.56 Å². The minimum atomic E-state index is -0.947. The van der Waals surface area contributed by atoms with Crippen molar-refractivity contribution < 1.29 is 9.90 Å². The quantitative estimate of drug-likeness (QED) is 0.736. The number of aryl methyl sites for hydroxylation is 1. The minimum absolute atomic E-state index is 0.267. The number of hydrogen-bond donors (Lipinski definition) is 1. The average Bonchev–Trinajstić information content (AvgIpc) is 2.47. The Kier molecular flexibility index (Phi) is 3.47. The number of carbonyl (C=O) groups is 1. The molecule has 3 aromatic rings. The molecule has 0 amide bonds. The summed E-state index contributed by atoms with van der Waals surface area (Å²) in [5.41, 5.74) is 3.48. The van der Waals surface area contributed by atoms with E-state index in [2.05, 4.69) is 20.9 Å². The molecule has 0 fully saturated rings. The highest BCUT2D eigenvalue weighted by atomic mass is 79.9. The van der Waals surface area contributed by atoms with E-state index in [0.717, 1.165) is 15.6 Å². The molecule has 0 aliphatic rings. The van der Waals surface area contributed by atoms with Crippen molar-refractivity contribution in [2.75, 3.05) is 0 Å². The van der Waals surface area contributed by atoms with Crippen LogP contribution in [0.3, 0.4) is 0 Å². The summed E-state index contributed by atoms with van der Waals surface area (Å²) in [4.78, 5) is 16.2. The van der Waals surface area contributed by atoms with Crippen molar-refractivity contribution in [2.45, 2.75) is 6.92 Å². The Hall–Kier alpha value is -2.20. The number of carboxylic acids is 1. The number of carboxylic acid groups (broad SMARTS) is 1. The van der Waals surface area contributed by atoms with Gasteiger partial charge in [-0.2, -0.15) is 0 Å². The van der Waals surface area contributed by atoms with Crippen molar-refractivity contribution in [3.63, 3.8) is 0 Å². The normalized spacial score (nSPS) is 10.8. The van der Waals surface area contributed by atoms with E-state index in [1.165, 1.54) is 0 Å². The van der Waals surface area contributed by atoms with E-state index < -0.39 is 5.97 Å². The lowest BCUT2D eigenvalue weighted by Crippen LogP contribution is -2.01. The molecule has 3 rings (SSSR count). The average molecular weight is 342 g/mol. The molecule has 3 nitrogen and oxygen atoms in total. The van der Waals surface area contributed by atoms with Crippen LogP contribution in [-0.4, -0.2) is 16.1 Å². The van der Waals surface area contributed by atoms with Gasteiger partial charge in [0.25, 0.3) is 0 Å². The number of benzene rings is 2. The Morgan fingerprint density at radius 3 is 2.52 bits per heavy atom.